The van der Waals surface area contributed by atoms with E-state index in [1.807, 2.05) is 12.2 Å². The molecule has 0 aromatic heterocycles. The van der Waals surface area contributed by atoms with E-state index in [1.54, 1.807) is 0 Å². The SMILES string of the molecule is C=CCCCCCCCCC(Cl)CCCCCCCCC=C. The van der Waals surface area contributed by atoms with Gasteiger partial charge in [0.25, 0.3) is 0 Å². The minimum Gasteiger partial charge on any atom is -0.123 e. The van der Waals surface area contributed by atoms with Crippen LogP contribution in [-0.2, 0) is 0 Å². The molecule has 0 saturated heterocycles. The van der Waals surface area contributed by atoms with Gasteiger partial charge in [0.15, 0.2) is 0 Å². The second-order valence-electron chi connectivity index (χ2n) is 6.57. The Balaban J connectivity index is 3.14. The molecule has 0 aromatic carbocycles. The van der Waals surface area contributed by atoms with Crippen LogP contribution in [0.2, 0.25) is 0 Å². The van der Waals surface area contributed by atoms with Gasteiger partial charge < -0.3 is 0 Å². The quantitative estimate of drug-likeness (QED) is 0.135. The van der Waals surface area contributed by atoms with E-state index in [0.717, 1.165) is 0 Å². The molecule has 0 aromatic rings. The fraction of sp³-hybridized carbons (Fsp3) is 0.810. The predicted molar refractivity (Wildman–Crippen MR) is 104 cm³/mol. The molecule has 0 atom stereocenters. The molecule has 0 aliphatic rings. The minimum absolute atomic E-state index is 0.418. The van der Waals surface area contributed by atoms with Crippen LogP contribution in [0.25, 0.3) is 0 Å². The molecule has 1 heteroatoms. The van der Waals surface area contributed by atoms with Crippen molar-refractivity contribution in [3.63, 3.8) is 0 Å². The van der Waals surface area contributed by atoms with Crippen molar-refractivity contribution in [2.24, 2.45) is 0 Å². The zero-order valence-electron chi connectivity index (χ0n) is 14.8. The lowest BCUT2D eigenvalue weighted by Gasteiger charge is -2.09. The number of halogens is 1. The summed E-state index contributed by atoms with van der Waals surface area (Å²) >= 11 is 6.42. The van der Waals surface area contributed by atoms with Crippen molar-refractivity contribution in [2.75, 3.05) is 0 Å². The van der Waals surface area contributed by atoms with Gasteiger partial charge in [0.2, 0.25) is 0 Å². The van der Waals surface area contributed by atoms with Crippen LogP contribution in [0.15, 0.2) is 25.3 Å². The van der Waals surface area contributed by atoms with Crippen molar-refractivity contribution < 1.29 is 0 Å². The van der Waals surface area contributed by atoms with E-state index >= 15 is 0 Å². The molecular weight excluding hydrogens is 288 g/mol. The Kier molecular flexibility index (Phi) is 18.6. The molecule has 0 saturated carbocycles. The van der Waals surface area contributed by atoms with Crippen LogP contribution in [0.3, 0.4) is 0 Å². The van der Waals surface area contributed by atoms with Crippen LogP contribution in [-0.4, -0.2) is 5.38 Å². The molecule has 0 spiro atoms. The Morgan fingerprint density at radius 2 is 0.864 bits per heavy atom. The molecule has 0 nitrogen and oxygen atoms in total. The highest BCUT2D eigenvalue weighted by molar-refractivity contribution is 6.20. The summed E-state index contributed by atoms with van der Waals surface area (Å²) in [4.78, 5) is 0. The second kappa shape index (κ2) is 18.8. The first kappa shape index (κ1) is 21.8. The molecular formula is C21H39Cl. The van der Waals surface area contributed by atoms with E-state index in [9.17, 15) is 0 Å². The van der Waals surface area contributed by atoms with E-state index < -0.39 is 0 Å². The molecule has 22 heavy (non-hydrogen) atoms. The summed E-state index contributed by atoms with van der Waals surface area (Å²) in [5.74, 6) is 0. The molecule has 0 heterocycles. The maximum absolute atomic E-state index is 6.42. The summed E-state index contributed by atoms with van der Waals surface area (Å²) in [5, 5.41) is 0.418. The van der Waals surface area contributed by atoms with Crippen LogP contribution in [0.1, 0.15) is 103 Å². The fourth-order valence-electron chi connectivity index (χ4n) is 2.87. The molecule has 0 amide bonds. The van der Waals surface area contributed by atoms with Crippen molar-refractivity contribution in [1.82, 2.24) is 0 Å². The molecule has 0 radical (unpaired) electrons. The minimum atomic E-state index is 0.418. The lowest BCUT2D eigenvalue weighted by Crippen LogP contribution is -1.98. The lowest BCUT2D eigenvalue weighted by molar-refractivity contribution is 0.535. The number of rotatable bonds is 18. The van der Waals surface area contributed by atoms with Gasteiger partial charge in [-0.15, -0.1) is 24.8 Å². The standard InChI is InChI=1S/C21H39Cl/c1-3-5-7-9-11-13-15-17-19-21(22)20-18-16-14-12-10-8-6-4-2/h3-4,21H,1-2,5-20H2. The van der Waals surface area contributed by atoms with Gasteiger partial charge >= 0.3 is 0 Å². The van der Waals surface area contributed by atoms with Gasteiger partial charge in [-0.3, -0.25) is 0 Å². The third-order valence-corrected chi connectivity index (χ3v) is 4.79. The number of allylic oxidation sites excluding steroid dienone is 2. The number of hydrogen-bond acceptors (Lipinski definition) is 0. The second-order valence-corrected chi connectivity index (χ2v) is 7.19. The van der Waals surface area contributed by atoms with Crippen molar-refractivity contribution >= 4 is 11.6 Å². The molecule has 130 valence electrons. The van der Waals surface area contributed by atoms with Crippen LogP contribution in [0, 0.1) is 0 Å². The summed E-state index contributed by atoms with van der Waals surface area (Å²) < 4.78 is 0. The third kappa shape index (κ3) is 17.8. The first-order valence-corrected chi connectivity index (χ1v) is 10.1. The van der Waals surface area contributed by atoms with Crippen molar-refractivity contribution in [2.45, 2.75) is 108 Å². The third-order valence-electron chi connectivity index (χ3n) is 4.35. The van der Waals surface area contributed by atoms with Gasteiger partial charge in [-0.2, -0.15) is 0 Å². The zero-order valence-corrected chi connectivity index (χ0v) is 15.6. The van der Waals surface area contributed by atoms with Gasteiger partial charge in [-0.1, -0.05) is 76.4 Å². The first-order valence-electron chi connectivity index (χ1n) is 9.67. The van der Waals surface area contributed by atoms with Gasteiger partial charge in [0.05, 0.1) is 0 Å². The van der Waals surface area contributed by atoms with E-state index in [-0.39, 0.29) is 0 Å². The van der Waals surface area contributed by atoms with Crippen LogP contribution < -0.4 is 0 Å². The maximum atomic E-state index is 6.42. The lowest BCUT2D eigenvalue weighted by atomic mass is 10.0. The van der Waals surface area contributed by atoms with Crippen molar-refractivity contribution in [3.8, 4) is 0 Å². The molecule has 0 fully saturated rings. The van der Waals surface area contributed by atoms with Crippen LogP contribution in [0.5, 0.6) is 0 Å². The summed E-state index contributed by atoms with van der Waals surface area (Å²) in [5.41, 5.74) is 0. The normalized spacial score (nSPS) is 11.0. The highest BCUT2D eigenvalue weighted by Crippen LogP contribution is 2.18. The Morgan fingerprint density at radius 3 is 1.23 bits per heavy atom. The summed E-state index contributed by atoms with van der Waals surface area (Å²) in [6.45, 7) is 7.52. The largest absolute Gasteiger partial charge is 0.123 e. The van der Waals surface area contributed by atoms with Gasteiger partial charge in [0.1, 0.15) is 0 Å². The van der Waals surface area contributed by atoms with E-state index in [1.165, 1.54) is 103 Å². The fourth-order valence-corrected chi connectivity index (χ4v) is 3.18. The van der Waals surface area contributed by atoms with E-state index in [4.69, 9.17) is 11.6 Å². The number of hydrogen-bond donors (Lipinski definition) is 0. The monoisotopic (exact) mass is 326 g/mol. The highest BCUT2D eigenvalue weighted by atomic mass is 35.5. The topological polar surface area (TPSA) is 0 Å². The van der Waals surface area contributed by atoms with E-state index in [2.05, 4.69) is 13.2 Å². The average Bonchev–Trinajstić information content (AvgIpc) is 2.52. The molecule has 0 rings (SSSR count). The Hall–Kier alpha value is -0.230. The van der Waals surface area contributed by atoms with Crippen molar-refractivity contribution in [3.05, 3.63) is 25.3 Å². The number of alkyl halides is 1. The van der Waals surface area contributed by atoms with E-state index in [0.29, 0.717) is 5.38 Å². The zero-order chi connectivity index (χ0) is 16.3. The predicted octanol–water partition coefficient (Wildman–Crippen LogP) is 8.21. The average molecular weight is 327 g/mol. The van der Waals surface area contributed by atoms with Crippen molar-refractivity contribution in [1.29, 1.82) is 0 Å². The molecule has 0 N–H and O–H groups in total. The van der Waals surface area contributed by atoms with Crippen LogP contribution >= 0.6 is 11.6 Å². The Morgan fingerprint density at radius 1 is 0.545 bits per heavy atom. The Bertz CT molecular complexity index is 210. The molecule has 0 unspecified atom stereocenters. The van der Waals surface area contributed by atoms with Gasteiger partial charge in [-0.25, -0.2) is 0 Å². The maximum Gasteiger partial charge on any atom is 0.0336 e. The summed E-state index contributed by atoms with van der Waals surface area (Å²) in [6, 6.07) is 0. The summed E-state index contributed by atoms with van der Waals surface area (Å²) in [7, 11) is 0. The first-order chi connectivity index (χ1) is 10.8. The van der Waals surface area contributed by atoms with Gasteiger partial charge in [-0.05, 0) is 38.5 Å². The molecule has 0 bridgehead atoms. The molecule has 0 aliphatic heterocycles. The van der Waals surface area contributed by atoms with Gasteiger partial charge in [0, 0.05) is 5.38 Å². The smallest absolute Gasteiger partial charge is 0.0336 e. The Labute approximate surface area is 145 Å². The van der Waals surface area contributed by atoms with Crippen LogP contribution in [0.4, 0.5) is 0 Å². The molecule has 0 aliphatic carbocycles. The highest BCUT2D eigenvalue weighted by Gasteiger charge is 2.04. The number of unbranched alkanes of at least 4 members (excludes halogenated alkanes) is 12. The summed E-state index contributed by atoms with van der Waals surface area (Å²) in [6.07, 6.45) is 25.1.